The number of rotatable bonds is 8. The third-order valence-electron chi connectivity index (χ3n) is 5.22. The van der Waals surface area contributed by atoms with E-state index >= 15 is 0 Å². The second-order valence-electron chi connectivity index (χ2n) is 7.28. The zero-order valence-electron chi connectivity index (χ0n) is 17.2. The number of unbranched alkanes of at least 4 members (excludes halogenated alkanes) is 1. The van der Waals surface area contributed by atoms with Gasteiger partial charge in [-0.25, -0.2) is 8.42 Å². The van der Waals surface area contributed by atoms with Gasteiger partial charge in [-0.15, -0.1) is 5.92 Å². The second-order valence-corrected chi connectivity index (χ2v) is 9.22. The van der Waals surface area contributed by atoms with E-state index in [0.29, 0.717) is 32.5 Å². The Morgan fingerprint density at radius 3 is 2.33 bits per heavy atom. The summed E-state index contributed by atoms with van der Waals surface area (Å²) in [5.41, 5.74) is -0.867. The third-order valence-corrected chi connectivity index (χ3v) is 7.13. The van der Waals surface area contributed by atoms with Gasteiger partial charge in [0.1, 0.15) is 0 Å². The van der Waals surface area contributed by atoms with Crippen LogP contribution in [0.2, 0.25) is 0 Å². The van der Waals surface area contributed by atoms with Crippen molar-refractivity contribution < 1.29 is 26.7 Å². The summed E-state index contributed by atoms with van der Waals surface area (Å²) in [6, 6.07) is 3.62. The van der Waals surface area contributed by atoms with E-state index in [1.54, 1.807) is 0 Å². The van der Waals surface area contributed by atoms with Gasteiger partial charge in [0.15, 0.2) is 0 Å². The van der Waals surface area contributed by atoms with Gasteiger partial charge in [0.05, 0.1) is 17.1 Å². The number of sulfonamides is 1. The molecule has 0 atom stereocenters. The Morgan fingerprint density at radius 2 is 1.80 bits per heavy atom. The van der Waals surface area contributed by atoms with Crippen LogP contribution in [0.25, 0.3) is 0 Å². The number of alkyl halides is 3. The third kappa shape index (κ3) is 6.98. The fourth-order valence-electron chi connectivity index (χ4n) is 3.38. The highest BCUT2D eigenvalue weighted by Crippen LogP contribution is 2.31. The monoisotopic (exact) mass is 446 g/mol. The molecule has 1 heterocycles. The smallest absolute Gasteiger partial charge is 0.395 e. The van der Waals surface area contributed by atoms with Crippen LogP contribution in [0, 0.1) is 17.8 Å². The summed E-state index contributed by atoms with van der Waals surface area (Å²) in [6.07, 6.45) is -1.60. The topological polar surface area (TPSA) is 60.9 Å². The summed E-state index contributed by atoms with van der Waals surface area (Å²) in [6.45, 7) is 5.25. The molecule has 9 heteroatoms. The van der Waals surface area contributed by atoms with E-state index in [0.717, 1.165) is 50.2 Å². The maximum Gasteiger partial charge on any atom is 0.416 e. The molecule has 0 amide bonds. The zero-order valence-corrected chi connectivity index (χ0v) is 18.0. The Kier molecular flexibility index (Phi) is 9.16. The van der Waals surface area contributed by atoms with Crippen LogP contribution in [-0.4, -0.2) is 62.1 Å². The maximum absolute atomic E-state index is 12.7. The first-order chi connectivity index (χ1) is 14.2. The number of nitrogens with zero attached hydrogens (tertiary/aromatic N) is 2. The lowest BCUT2D eigenvalue weighted by Crippen LogP contribution is -2.38. The van der Waals surface area contributed by atoms with E-state index in [-0.39, 0.29) is 17.4 Å². The van der Waals surface area contributed by atoms with Crippen LogP contribution < -0.4 is 0 Å². The van der Waals surface area contributed by atoms with Gasteiger partial charge < -0.3 is 10.0 Å². The number of halogens is 3. The van der Waals surface area contributed by atoms with Crippen molar-refractivity contribution in [1.82, 2.24) is 9.21 Å². The van der Waals surface area contributed by atoms with Crippen LogP contribution in [0.5, 0.6) is 0 Å². The Morgan fingerprint density at radius 1 is 1.17 bits per heavy atom. The number of hydrogen-bond acceptors (Lipinski definition) is 4. The molecule has 1 fully saturated rings. The predicted octanol–water partition coefficient (Wildman–Crippen LogP) is 3.20. The van der Waals surface area contributed by atoms with Crippen LogP contribution in [0.4, 0.5) is 13.2 Å². The number of piperidine rings is 1. The van der Waals surface area contributed by atoms with E-state index in [2.05, 4.69) is 16.7 Å². The van der Waals surface area contributed by atoms with Gasteiger partial charge >= 0.3 is 6.18 Å². The highest BCUT2D eigenvalue weighted by atomic mass is 32.2. The largest absolute Gasteiger partial charge is 0.416 e. The van der Waals surface area contributed by atoms with E-state index < -0.39 is 21.8 Å². The Labute approximate surface area is 176 Å². The highest BCUT2D eigenvalue weighted by Gasteiger charge is 2.32. The maximum atomic E-state index is 12.7. The molecule has 0 unspecified atom stereocenters. The quantitative estimate of drug-likeness (QED) is 0.492. The van der Waals surface area contributed by atoms with Crippen molar-refractivity contribution in [2.45, 2.75) is 43.7 Å². The standard InChI is InChI=1S/C21H29F3N2O3S/c1-2-25(16-17-27)13-5-3-4-6-18-11-14-26(15-12-18)30(28,29)20-9-7-19(8-10-20)21(22,23)24/h7-10,18,27H,2-3,5,11-17H2,1H3. The van der Waals surface area contributed by atoms with Gasteiger partial charge in [-0.1, -0.05) is 12.8 Å². The summed E-state index contributed by atoms with van der Waals surface area (Å²) >= 11 is 0. The molecule has 1 aliphatic rings. The molecule has 1 aliphatic heterocycles. The van der Waals surface area contributed by atoms with Crippen molar-refractivity contribution in [3.63, 3.8) is 0 Å². The molecule has 0 radical (unpaired) electrons. The van der Waals surface area contributed by atoms with Crippen LogP contribution in [-0.2, 0) is 16.2 Å². The van der Waals surface area contributed by atoms with Crippen molar-refractivity contribution in [2.24, 2.45) is 5.92 Å². The first-order valence-corrected chi connectivity index (χ1v) is 11.6. The van der Waals surface area contributed by atoms with Crippen LogP contribution in [0.15, 0.2) is 29.2 Å². The first kappa shape index (κ1) is 24.7. The number of likely N-dealkylation sites (N-methyl/N-ethyl adjacent to an activating group) is 1. The van der Waals surface area contributed by atoms with Gasteiger partial charge in [-0.05, 0) is 56.6 Å². The highest BCUT2D eigenvalue weighted by molar-refractivity contribution is 7.89. The van der Waals surface area contributed by atoms with E-state index in [1.807, 2.05) is 6.92 Å². The Bertz CT molecular complexity index is 822. The molecule has 1 aromatic rings. The lowest BCUT2D eigenvalue weighted by Gasteiger charge is -2.29. The number of aliphatic hydroxyl groups excluding tert-OH is 1. The van der Waals surface area contributed by atoms with Crippen molar-refractivity contribution in [1.29, 1.82) is 0 Å². The molecular weight excluding hydrogens is 417 g/mol. The van der Waals surface area contributed by atoms with Gasteiger partial charge in [0.2, 0.25) is 10.0 Å². The molecule has 0 bridgehead atoms. The summed E-state index contributed by atoms with van der Waals surface area (Å²) in [5, 5.41) is 8.97. The molecule has 2 rings (SSSR count). The molecule has 1 saturated heterocycles. The second kappa shape index (κ2) is 11.1. The van der Waals surface area contributed by atoms with Crippen molar-refractivity contribution in [2.75, 3.05) is 39.3 Å². The summed E-state index contributed by atoms with van der Waals surface area (Å²) < 4.78 is 64.7. The normalized spacial score (nSPS) is 16.5. The van der Waals surface area contributed by atoms with Gasteiger partial charge in [-0.3, -0.25) is 0 Å². The van der Waals surface area contributed by atoms with Crippen LogP contribution in [0.1, 0.15) is 38.2 Å². The molecule has 30 heavy (non-hydrogen) atoms. The molecule has 0 aliphatic carbocycles. The van der Waals surface area contributed by atoms with Crippen molar-refractivity contribution in [3.8, 4) is 11.8 Å². The fraction of sp³-hybridized carbons (Fsp3) is 0.619. The lowest BCUT2D eigenvalue weighted by molar-refractivity contribution is -0.137. The molecule has 168 valence electrons. The summed E-state index contributed by atoms with van der Waals surface area (Å²) in [5.74, 6) is 6.51. The Hall–Kier alpha value is -1.60. The average Bonchev–Trinajstić information content (AvgIpc) is 2.72. The minimum Gasteiger partial charge on any atom is -0.395 e. The molecule has 0 aromatic heterocycles. The number of hydrogen-bond donors (Lipinski definition) is 1. The SMILES string of the molecule is CCN(CCO)CCCC#CC1CCN(S(=O)(=O)c2ccc(C(F)(F)F)cc2)CC1. The average molecular weight is 447 g/mol. The van der Waals surface area contributed by atoms with Gasteiger partial charge in [-0.2, -0.15) is 17.5 Å². The fourth-order valence-corrected chi connectivity index (χ4v) is 4.85. The minimum atomic E-state index is -4.49. The Balaban J connectivity index is 1.84. The van der Waals surface area contributed by atoms with Crippen molar-refractivity contribution >= 4 is 10.0 Å². The molecule has 0 saturated carbocycles. The van der Waals surface area contributed by atoms with E-state index in [4.69, 9.17) is 5.11 Å². The van der Waals surface area contributed by atoms with Gasteiger partial charge in [0, 0.05) is 32.0 Å². The lowest BCUT2D eigenvalue weighted by atomic mass is 9.99. The molecule has 1 N–H and O–H groups in total. The van der Waals surface area contributed by atoms with E-state index in [1.165, 1.54) is 4.31 Å². The molecule has 0 spiro atoms. The van der Waals surface area contributed by atoms with E-state index in [9.17, 15) is 21.6 Å². The molecule has 1 aromatic carbocycles. The predicted molar refractivity (Wildman–Crippen MR) is 109 cm³/mol. The molecule has 5 nitrogen and oxygen atoms in total. The first-order valence-electron chi connectivity index (χ1n) is 10.2. The van der Waals surface area contributed by atoms with Gasteiger partial charge in [0.25, 0.3) is 0 Å². The minimum absolute atomic E-state index is 0.122. The molecular formula is C21H29F3N2O3S. The van der Waals surface area contributed by atoms with Crippen LogP contribution in [0.3, 0.4) is 0 Å². The number of benzene rings is 1. The summed E-state index contributed by atoms with van der Waals surface area (Å²) in [4.78, 5) is 2.04. The zero-order chi connectivity index (χ0) is 22.2. The number of aliphatic hydroxyl groups is 1. The van der Waals surface area contributed by atoms with Crippen LogP contribution >= 0.6 is 0 Å². The summed E-state index contributed by atoms with van der Waals surface area (Å²) in [7, 11) is -3.80. The van der Waals surface area contributed by atoms with Crippen molar-refractivity contribution in [3.05, 3.63) is 29.8 Å².